The van der Waals surface area contributed by atoms with Gasteiger partial charge in [0.1, 0.15) is 0 Å². The van der Waals surface area contributed by atoms with Gasteiger partial charge in [-0.1, -0.05) is 29.8 Å². The Kier molecular flexibility index (Phi) is 6.97. The van der Waals surface area contributed by atoms with Gasteiger partial charge in [0.15, 0.2) is 6.61 Å². The Balaban J connectivity index is 1.63. The van der Waals surface area contributed by atoms with Crippen LogP contribution in [0.1, 0.15) is 6.42 Å². The minimum Gasteiger partial charge on any atom is -0.456 e. The molecule has 0 saturated carbocycles. The number of ether oxygens (including phenoxy) is 1. The van der Waals surface area contributed by atoms with Gasteiger partial charge in [0, 0.05) is 21.4 Å². The lowest BCUT2D eigenvalue weighted by molar-refractivity contribution is -0.146. The summed E-state index contributed by atoms with van der Waals surface area (Å²) in [5.41, 5.74) is 0.607. The molecule has 0 unspecified atom stereocenters. The van der Waals surface area contributed by atoms with Gasteiger partial charge in [-0.3, -0.25) is 9.59 Å². The first-order valence-electron chi connectivity index (χ1n) is 7.02. The highest BCUT2D eigenvalue weighted by Crippen LogP contribution is 2.18. The van der Waals surface area contributed by atoms with E-state index in [1.807, 2.05) is 30.3 Å². The molecule has 0 spiro atoms. The number of nitrogens with one attached hydrogen (secondary N) is 1. The minimum atomic E-state index is -0.389. The molecule has 0 aliphatic heterocycles. The monoisotopic (exact) mass is 349 g/mol. The average molecular weight is 350 g/mol. The summed E-state index contributed by atoms with van der Waals surface area (Å²) in [4.78, 5) is 24.4. The van der Waals surface area contributed by atoms with Crippen molar-refractivity contribution in [2.45, 2.75) is 11.3 Å². The summed E-state index contributed by atoms with van der Waals surface area (Å²) in [7, 11) is 0. The smallest absolute Gasteiger partial charge is 0.307 e. The van der Waals surface area contributed by atoms with Crippen LogP contribution in [0.15, 0.2) is 59.5 Å². The quantitative estimate of drug-likeness (QED) is 0.606. The summed E-state index contributed by atoms with van der Waals surface area (Å²) in [6.07, 6.45) is 0.258. The number of benzene rings is 2. The van der Waals surface area contributed by atoms with E-state index in [2.05, 4.69) is 5.32 Å². The van der Waals surface area contributed by atoms with Crippen molar-refractivity contribution in [3.8, 4) is 0 Å². The molecule has 0 atom stereocenters. The van der Waals surface area contributed by atoms with Gasteiger partial charge < -0.3 is 10.1 Å². The van der Waals surface area contributed by atoms with Crippen LogP contribution in [0.3, 0.4) is 0 Å². The van der Waals surface area contributed by atoms with Gasteiger partial charge in [0.25, 0.3) is 5.91 Å². The third-order valence-electron chi connectivity index (χ3n) is 2.81. The molecular weight excluding hydrogens is 334 g/mol. The van der Waals surface area contributed by atoms with Crippen LogP contribution < -0.4 is 5.32 Å². The number of carbonyl (C=O) groups is 2. The molecule has 1 N–H and O–H groups in total. The van der Waals surface area contributed by atoms with Crippen LogP contribution >= 0.6 is 23.4 Å². The lowest BCUT2D eigenvalue weighted by atomic mass is 10.3. The number of hydrogen-bond acceptors (Lipinski definition) is 4. The summed E-state index contributed by atoms with van der Waals surface area (Å²) in [6, 6.07) is 16.5. The summed E-state index contributed by atoms with van der Waals surface area (Å²) in [6.45, 7) is -0.294. The van der Waals surface area contributed by atoms with Crippen molar-refractivity contribution in [2.24, 2.45) is 0 Å². The molecule has 0 aliphatic carbocycles. The maximum atomic E-state index is 11.7. The maximum absolute atomic E-state index is 11.7. The Morgan fingerprint density at radius 1 is 1.04 bits per heavy atom. The highest BCUT2D eigenvalue weighted by molar-refractivity contribution is 7.99. The van der Waals surface area contributed by atoms with E-state index in [-0.39, 0.29) is 24.9 Å². The van der Waals surface area contributed by atoms with E-state index in [4.69, 9.17) is 16.3 Å². The fourth-order valence-electron chi connectivity index (χ4n) is 1.72. The molecule has 2 aromatic carbocycles. The van der Waals surface area contributed by atoms with Crippen molar-refractivity contribution in [1.29, 1.82) is 0 Å². The standard InChI is InChI=1S/C17H16ClNO3S/c18-13-6-8-14(9-7-13)19-16(20)12-22-17(21)10-11-23-15-4-2-1-3-5-15/h1-9H,10-12H2,(H,19,20). The van der Waals surface area contributed by atoms with Gasteiger partial charge in [-0.2, -0.15) is 0 Å². The number of hydrogen-bond donors (Lipinski definition) is 1. The van der Waals surface area contributed by atoms with E-state index >= 15 is 0 Å². The van der Waals surface area contributed by atoms with Gasteiger partial charge in [-0.25, -0.2) is 0 Å². The molecule has 2 rings (SSSR count). The third kappa shape index (κ3) is 6.76. The number of esters is 1. The molecule has 0 aliphatic rings. The van der Waals surface area contributed by atoms with Crippen LogP contribution in [0.5, 0.6) is 0 Å². The molecule has 1 amide bonds. The molecule has 0 radical (unpaired) electrons. The zero-order valence-corrected chi connectivity index (χ0v) is 13.9. The van der Waals surface area contributed by atoms with E-state index in [0.29, 0.717) is 16.5 Å². The topological polar surface area (TPSA) is 55.4 Å². The largest absolute Gasteiger partial charge is 0.456 e. The SMILES string of the molecule is O=C(COC(=O)CCSc1ccccc1)Nc1ccc(Cl)cc1. The summed E-state index contributed by atoms with van der Waals surface area (Å²) >= 11 is 7.33. The first kappa shape index (κ1) is 17.4. The summed E-state index contributed by atoms with van der Waals surface area (Å²) < 4.78 is 4.95. The molecule has 0 heterocycles. The van der Waals surface area contributed by atoms with Crippen LogP contribution in [0.25, 0.3) is 0 Å². The summed E-state index contributed by atoms with van der Waals surface area (Å²) in [5, 5.41) is 3.21. The van der Waals surface area contributed by atoms with Crippen LogP contribution in [0, 0.1) is 0 Å². The van der Waals surface area contributed by atoms with E-state index in [1.165, 1.54) is 0 Å². The summed E-state index contributed by atoms with van der Waals surface area (Å²) in [5.74, 6) is -0.155. The lowest BCUT2D eigenvalue weighted by Gasteiger charge is -2.06. The second kappa shape index (κ2) is 9.22. The lowest BCUT2D eigenvalue weighted by Crippen LogP contribution is -2.21. The molecular formula is C17H16ClNO3S. The molecule has 0 bridgehead atoms. The van der Waals surface area contributed by atoms with Crippen molar-refractivity contribution in [1.82, 2.24) is 0 Å². The molecule has 6 heteroatoms. The van der Waals surface area contributed by atoms with E-state index in [1.54, 1.807) is 36.0 Å². The van der Waals surface area contributed by atoms with Crippen LogP contribution in [-0.2, 0) is 14.3 Å². The Bertz CT molecular complexity index is 647. The molecule has 2 aromatic rings. The number of halogens is 1. The number of amides is 1. The van der Waals surface area contributed by atoms with Crippen molar-refractivity contribution in [3.63, 3.8) is 0 Å². The Hall–Kier alpha value is -1.98. The third-order valence-corrected chi connectivity index (χ3v) is 4.08. The van der Waals surface area contributed by atoms with Crippen LogP contribution in [-0.4, -0.2) is 24.2 Å². The maximum Gasteiger partial charge on any atom is 0.307 e. The van der Waals surface area contributed by atoms with Gasteiger partial charge in [0.05, 0.1) is 6.42 Å². The van der Waals surface area contributed by atoms with Gasteiger partial charge in [-0.05, 0) is 36.4 Å². The molecule has 23 heavy (non-hydrogen) atoms. The normalized spacial score (nSPS) is 10.1. The first-order chi connectivity index (χ1) is 11.1. The van der Waals surface area contributed by atoms with Crippen molar-refractivity contribution < 1.29 is 14.3 Å². The van der Waals surface area contributed by atoms with E-state index in [0.717, 1.165) is 4.90 Å². The van der Waals surface area contributed by atoms with Gasteiger partial charge in [-0.15, -0.1) is 11.8 Å². The molecule has 0 saturated heterocycles. The Labute approximate surface area is 144 Å². The zero-order chi connectivity index (χ0) is 16.5. The molecule has 0 aromatic heterocycles. The number of thioether (sulfide) groups is 1. The van der Waals surface area contributed by atoms with E-state index in [9.17, 15) is 9.59 Å². The number of anilines is 1. The van der Waals surface area contributed by atoms with Crippen LogP contribution in [0.2, 0.25) is 5.02 Å². The average Bonchev–Trinajstić information content (AvgIpc) is 2.56. The van der Waals surface area contributed by atoms with Crippen molar-refractivity contribution >= 4 is 40.9 Å². The van der Waals surface area contributed by atoms with Crippen molar-refractivity contribution in [3.05, 3.63) is 59.6 Å². The van der Waals surface area contributed by atoms with E-state index < -0.39 is 0 Å². The minimum absolute atomic E-state index is 0.258. The molecule has 4 nitrogen and oxygen atoms in total. The van der Waals surface area contributed by atoms with Gasteiger partial charge in [0.2, 0.25) is 0 Å². The Morgan fingerprint density at radius 2 is 1.74 bits per heavy atom. The molecule has 120 valence electrons. The predicted octanol–water partition coefficient (Wildman–Crippen LogP) is 4.00. The fraction of sp³-hybridized carbons (Fsp3) is 0.176. The predicted molar refractivity (Wildman–Crippen MR) is 92.8 cm³/mol. The van der Waals surface area contributed by atoms with Crippen molar-refractivity contribution in [2.75, 3.05) is 17.7 Å². The Morgan fingerprint density at radius 3 is 2.43 bits per heavy atom. The van der Waals surface area contributed by atoms with Crippen LogP contribution in [0.4, 0.5) is 5.69 Å². The first-order valence-corrected chi connectivity index (χ1v) is 8.39. The second-order valence-electron chi connectivity index (χ2n) is 4.63. The highest BCUT2D eigenvalue weighted by atomic mass is 35.5. The second-order valence-corrected chi connectivity index (χ2v) is 6.23. The number of carbonyl (C=O) groups excluding carboxylic acids is 2. The number of rotatable bonds is 7. The molecule has 0 fully saturated rings. The fourth-order valence-corrected chi connectivity index (χ4v) is 2.70. The van der Waals surface area contributed by atoms with Gasteiger partial charge >= 0.3 is 5.97 Å². The zero-order valence-electron chi connectivity index (χ0n) is 12.3. The highest BCUT2D eigenvalue weighted by Gasteiger charge is 2.08.